The van der Waals surface area contributed by atoms with Gasteiger partial charge in [-0.05, 0) is 7.05 Å². The van der Waals surface area contributed by atoms with Crippen molar-refractivity contribution in [1.29, 1.82) is 0 Å². The van der Waals surface area contributed by atoms with Crippen molar-refractivity contribution in [2.24, 2.45) is 7.05 Å². The first kappa shape index (κ1) is 11.9. The maximum atomic E-state index is 11.4. The number of nitrogens with zero attached hydrogens (tertiary/aromatic N) is 3. The second-order valence-electron chi connectivity index (χ2n) is 4.29. The van der Waals surface area contributed by atoms with Crippen LogP contribution in [-0.2, 0) is 7.05 Å². The third-order valence-electron chi connectivity index (χ3n) is 2.93. The SMILES string of the molecule is CN1CCN(Nc2cc(=O)n(C)c(=O)[nH]2)CC1. The summed E-state index contributed by atoms with van der Waals surface area (Å²) in [6, 6.07) is 1.39. The van der Waals surface area contributed by atoms with E-state index in [-0.39, 0.29) is 5.56 Å². The molecule has 0 unspecified atom stereocenters. The van der Waals surface area contributed by atoms with Crippen molar-refractivity contribution < 1.29 is 0 Å². The minimum atomic E-state index is -0.408. The van der Waals surface area contributed by atoms with Gasteiger partial charge in [-0.1, -0.05) is 0 Å². The largest absolute Gasteiger partial charge is 0.329 e. The van der Waals surface area contributed by atoms with Crippen molar-refractivity contribution in [2.45, 2.75) is 0 Å². The quantitative estimate of drug-likeness (QED) is 0.667. The summed E-state index contributed by atoms with van der Waals surface area (Å²) in [4.78, 5) is 27.7. The zero-order valence-corrected chi connectivity index (χ0v) is 10.1. The Bertz CT molecular complexity index is 467. The second kappa shape index (κ2) is 4.72. The number of hydrogen-bond donors (Lipinski definition) is 2. The molecule has 1 saturated heterocycles. The second-order valence-corrected chi connectivity index (χ2v) is 4.29. The Morgan fingerprint density at radius 3 is 2.41 bits per heavy atom. The van der Waals surface area contributed by atoms with Crippen LogP contribution in [0.5, 0.6) is 0 Å². The van der Waals surface area contributed by atoms with Crippen LogP contribution in [0.25, 0.3) is 0 Å². The Labute approximate surface area is 98.6 Å². The summed E-state index contributed by atoms with van der Waals surface area (Å²) >= 11 is 0. The van der Waals surface area contributed by atoms with E-state index in [2.05, 4.69) is 22.4 Å². The molecule has 0 saturated carbocycles. The molecule has 94 valence electrons. The van der Waals surface area contributed by atoms with Gasteiger partial charge in [0.2, 0.25) is 0 Å². The van der Waals surface area contributed by atoms with Crippen LogP contribution in [-0.4, -0.2) is 52.7 Å². The fraction of sp³-hybridized carbons (Fsp3) is 0.600. The summed E-state index contributed by atoms with van der Waals surface area (Å²) in [5.41, 5.74) is 2.33. The minimum Gasteiger partial charge on any atom is -0.304 e. The Morgan fingerprint density at radius 2 is 1.82 bits per heavy atom. The molecule has 1 aromatic heterocycles. The van der Waals surface area contributed by atoms with Gasteiger partial charge in [0.1, 0.15) is 5.82 Å². The van der Waals surface area contributed by atoms with Crippen molar-refractivity contribution >= 4 is 5.82 Å². The molecular weight excluding hydrogens is 222 g/mol. The average Bonchev–Trinajstić information content (AvgIpc) is 2.29. The van der Waals surface area contributed by atoms with E-state index in [0.717, 1.165) is 30.7 Å². The van der Waals surface area contributed by atoms with Crippen LogP contribution in [0, 0.1) is 0 Å². The van der Waals surface area contributed by atoms with Crippen LogP contribution >= 0.6 is 0 Å². The van der Waals surface area contributed by atoms with E-state index < -0.39 is 5.69 Å². The molecule has 1 aliphatic rings. The van der Waals surface area contributed by atoms with Gasteiger partial charge >= 0.3 is 5.69 Å². The van der Waals surface area contributed by atoms with E-state index in [4.69, 9.17) is 0 Å². The molecule has 2 rings (SSSR count). The molecule has 0 spiro atoms. The van der Waals surface area contributed by atoms with Crippen molar-refractivity contribution in [3.8, 4) is 0 Å². The van der Waals surface area contributed by atoms with E-state index >= 15 is 0 Å². The molecule has 2 N–H and O–H groups in total. The molecule has 7 nitrogen and oxygen atoms in total. The van der Waals surface area contributed by atoms with Crippen LogP contribution < -0.4 is 16.7 Å². The Hall–Kier alpha value is -1.60. The van der Waals surface area contributed by atoms with Crippen molar-refractivity contribution in [1.82, 2.24) is 19.5 Å². The zero-order chi connectivity index (χ0) is 12.4. The summed E-state index contributed by atoms with van der Waals surface area (Å²) < 4.78 is 1.04. The first-order chi connectivity index (χ1) is 8.06. The Morgan fingerprint density at radius 1 is 1.18 bits per heavy atom. The number of anilines is 1. The lowest BCUT2D eigenvalue weighted by Gasteiger charge is -2.32. The third-order valence-corrected chi connectivity index (χ3v) is 2.93. The van der Waals surface area contributed by atoms with Gasteiger partial charge in [-0.2, -0.15) is 0 Å². The van der Waals surface area contributed by atoms with E-state index in [0.29, 0.717) is 5.82 Å². The minimum absolute atomic E-state index is 0.314. The van der Waals surface area contributed by atoms with E-state index in [9.17, 15) is 9.59 Å². The van der Waals surface area contributed by atoms with Crippen LogP contribution in [0.1, 0.15) is 0 Å². The fourth-order valence-electron chi connectivity index (χ4n) is 1.70. The summed E-state index contributed by atoms with van der Waals surface area (Å²) in [6.45, 7) is 3.63. The van der Waals surface area contributed by atoms with Gasteiger partial charge in [0.15, 0.2) is 0 Å². The molecule has 0 bridgehead atoms. The molecule has 1 aromatic rings. The molecule has 1 aliphatic heterocycles. The van der Waals surface area contributed by atoms with Gasteiger partial charge in [-0.3, -0.25) is 14.3 Å². The summed E-state index contributed by atoms with van der Waals surface area (Å²) in [5, 5.41) is 1.99. The normalized spacial score (nSPS) is 18.2. The molecule has 0 aromatic carbocycles. The summed E-state index contributed by atoms with van der Waals surface area (Å²) in [5.74, 6) is 0.447. The summed E-state index contributed by atoms with van der Waals surface area (Å²) in [7, 11) is 3.51. The third kappa shape index (κ3) is 2.75. The van der Waals surface area contributed by atoms with Crippen molar-refractivity contribution in [3.63, 3.8) is 0 Å². The first-order valence-electron chi connectivity index (χ1n) is 5.57. The summed E-state index contributed by atoms with van der Waals surface area (Å²) in [6.07, 6.45) is 0. The molecule has 17 heavy (non-hydrogen) atoms. The maximum absolute atomic E-state index is 11.4. The van der Waals surface area contributed by atoms with Crippen LogP contribution in [0.15, 0.2) is 15.7 Å². The van der Waals surface area contributed by atoms with Crippen molar-refractivity contribution in [2.75, 3.05) is 38.7 Å². The first-order valence-corrected chi connectivity index (χ1v) is 5.57. The molecule has 7 heteroatoms. The average molecular weight is 239 g/mol. The van der Waals surface area contributed by atoms with Gasteiger partial charge < -0.3 is 10.3 Å². The number of nitrogens with one attached hydrogen (secondary N) is 2. The number of likely N-dealkylation sites (N-methyl/N-ethyl adjacent to an activating group) is 1. The van der Waals surface area contributed by atoms with Gasteiger partial charge in [-0.25, -0.2) is 9.80 Å². The lowest BCUT2D eigenvalue weighted by atomic mass is 10.4. The highest BCUT2D eigenvalue weighted by atomic mass is 16.2. The fourth-order valence-corrected chi connectivity index (χ4v) is 1.70. The number of hydrogen-bond acceptors (Lipinski definition) is 5. The molecule has 0 radical (unpaired) electrons. The highest BCUT2D eigenvalue weighted by Gasteiger charge is 2.13. The van der Waals surface area contributed by atoms with E-state index in [1.54, 1.807) is 0 Å². The molecule has 0 atom stereocenters. The topological polar surface area (TPSA) is 73.4 Å². The predicted octanol–water partition coefficient (Wildman–Crippen LogP) is -1.35. The van der Waals surface area contributed by atoms with E-state index in [1.165, 1.54) is 13.1 Å². The number of piperazine rings is 1. The zero-order valence-electron chi connectivity index (χ0n) is 10.1. The molecular formula is C10H17N5O2. The lowest BCUT2D eigenvalue weighted by molar-refractivity contribution is 0.178. The van der Waals surface area contributed by atoms with E-state index in [1.807, 2.05) is 5.01 Å². The van der Waals surface area contributed by atoms with Crippen LogP contribution in [0.2, 0.25) is 0 Å². The van der Waals surface area contributed by atoms with Gasteiger partial charge in [0, 0.05) is 39.3 Å². The molecule has 0 aliphatic carbocycles. The van der Waals surface area contributed by atoms with Gasteiger partial charge in [0.25, 0.3) is 5.56 Å². The standard InChI is InChI=1S/C10H17N5O2/c1-13-3-5-15(6-4-13)12-8-7-9(16)14(2)10(17)11-8/h7,12H,3-6H2,1-2H3,(H,11,17). The number of aromatic amines is 1. The highest BCUT2D eigenvalue weighted by Crippen LogP contribution is 2.02. The van der Waals surface area contributed by atoms with Crippen LogP contribution in [0.4, 0.5) is 5.82 Å². The van der Waals surface area contributed by atoms with Gasteiger partial charge in [-0.15, -0.1) is 0 Å². The Balaban J connectivity index is 2.09. The van der Waals surface area contributed by atoms with Gasteiger partial charge in [0.05, 0.1) is 0 Å². The number of H-pyrrole nitrogens is 1. The number of rotatable bonds is 2. The monoisotopic (exact) mass is 239 g/mol. The Kier molecular flexibility index (Phi) is 3.30. The number of hydrazine groups is 1. The predicted molar refractivity (Wildman–Crippen MR) is 65.0 cm³/mol. The highest BCUT2D eigenvalue weighted by molar-refractivity contribution is 5.30. The molecule has 1 fully saturated rings. The lowest BCUT2D eigenvalue weighted by Crippen LogP contribution is -2.47. The smallest absolute Gasteiger partial charge is 0.304 e. The van der Waals surface area contributed by atoms with Crippen molar-refractivity contribution in [3.05, 3.63) is 26.9 Å². The maximum Gasteiger partial charge on any atom is 0.329 e. The molecule has 0 amide bonds. The molecule has 2 heterocycles. The van der Waals surface area contributed by atoms with Crippen LogP contribution in [0.3, 0.4) is 0 Å². The number of aromatic nitrogens is 2.